The van der Waals surface area contributed by atoms with Crippen LogP contribution in [0, 0.1) is 0 Å². The highest BCUT2D eigenvalue weighted by Gasteiger charge is 2.44. The highest BCUT2D eigenvalue weighted by atomic mass is 16.6. The van der Waals surface area contributed by atoms with Crippen LogP contribution >= 0.6 is 0 Å². The fraction of sp³-hybridized carbons (Fsp3) is 0.810. The Bertz CT molecular complexity index is 793. The molecule has 3 fully saturated rings. The lowest BCUT2D eigenvalue weighted by molar-refractivity contribution is -0.253. The molecular formula is C21H36N2O15. The van der Waals surface area contributed by atoms with Gasteiger partial charge in [-0.05, 0) is 0 Å². The highest BCUT2D eigenvalue weighted by Crippen LogP contribution is 2.20. The Morgan fingerprint density at radius 1 is 0.842 bits per heavy atom. The number of nitrogens with one attached hydrogen (secondary N) is 1. The number of ketones is 2. The molecule has 1 amide bonds. The van der Waals surface area contributed by atoms with Crippen molar-refractivity contribution in [1.82, 2.24) is 5.32 Å². The number of hydrogen-bond donors (Lipinski definition) is 10. The third-order valence-electron chi connectivity index (χ3n) is 5.71. The molecule has 0 aromatic heterocycles. The van der Waals surface area contributed by atoms with E-state index in [-0.39, 0.29) is 24.4 Å². The molecule has 11 N–H and O–H groups in total. The number of hydrogen-bond acceptors (Lipinski definition) is 16. The van der Waals surface area contributed by atoms with Crippen LogP contribution in [0.15, 0.2) is 0 Å². The zero-order valence-electron chi connectivity index (χ0n) is 20.7. The van der Waals surface area contributed by atoms with Gasteiger partial charge in [0.1, 0.15) is 42.7 Å². The standard InChI is InChI=1S/C8H15NO6.C7H8O4.C6H13NO5/c1-3(11)9-5-7(13)6(12)4(2-10)15-8(5)14;1-4(8)11-7-5(9)2-3-6(7)10;7-3-5(10)4(9)2(1-8)12-6(3)11/h4-8,10,12-14H,2H2,1H3,(H,9,11);7H,2-3H2,1H3;2-6,8-11H,1,7H2. The van der Waals surface area contributed by atoms with E-state index in [1.807, 2.05) is 0 Å². The summed E-state index contributed by atoms with van der Waals surface area (Å²) in [6, 6.07) is -2.14. The maximum absolute atomic E-state index is 10.8. The van der Waals surface area contributed by atoms with Gasteiger partial charge < -0.3 is 66.1 Å². The van der Waals surface area contributed by atoms with Crippen molar-refractivity contribution in [3.63, 3.8) is 0 Å². The smallest absolute Gasteiger partial charge is 0.303 e. The van der Waals surface area contributed by atoms with E-state index < -0.39 is 92.5 Å². The number of rotatable bonds is 4. The Kier molecular flexibility index (Phi) is 13.8. The van der Waals surface area contributed by atoms with Gasteiger partial charge in [-0.25, -0.2) is 0 Å². The lowest BCUT2D eigenvalue weighted by atomic mass is 9.97. The first-order valence-electron chi connectivity index (χ1n) is 11.5. The summed E-state index contributed by atoms with van der Waals surface area (Å²) in [5.41, 5.74) is 5.26. The van der Waals surface area contributed by atoms with Gasteiger partial charge in [-0.15, -0.1) is 0 Å². The number of ether oxygens (including phenoxy) is 3. The molecule has 0 radical (unpaired) electrons. The molecule has 0 bridgehead atoms. The Morgan fingerprint density at radius 3 is 1.71 bits per heavy atom. The van der Waals surface area contributed by atoms with E-state index in [4.69, 9.17) is 30.5 Å². The van der Waals surface area contributed by atoms with Crippen LogP contribution in [0.3, 0.4) is 0 Å². The third-order valence-corrected chi connectivity index (χ3v) is 5.71. The van der Waals surface area contributed by atoms with Crippen LogP contribution < -0.4 is 11.1 Å². The molecule has 1 aliphatic carbocycles. The van der Waals surface area contributed by atoms with Crippen molar-refractivity contribution in [2.45, 2.75) is 94.1 Å². The molecule has 17 nitrogen and oxygen atoms in total. The van der Waals surface area contributed by atoms with E-state index in [1.165, 1.54) is 13.8 Å². The molecule has 17 heteroatoms. The minimum absolute atomic E-state index is 0.205. The summed E-state index contributed by atoms with van der Waals surface area (Å²) in [4.78, 5) is 42.7. The molecule has 0 spiro atoms. The number of Topliss-reactive ketones (excluding diaryl/α,β-unsaturated/α-hetero) is 2. The van der Waals surface area contributed by atoms with Gasteiger partial charge in [-0.1, -0.05) is 0 Å². The first kappa shape index (κ1) is 33.9. The van der Waals surface area contributed by atoms with E-state index in [2.05, 4.69) is 10.1 Å². The van der Waals surface area contributed by atoms with Gasteiger partial charge in [0.2, 0.25) is 12.0 Å². The Morgan fingerprint density at radius 2 is 1.29 bits per heavy atom. The summed E-state index contributed by atoms with van der Waals surface area (Å²) >= 11 is 0. The van der Waals surface area contributed by atoms with Crippen molar-refractivity contribution < 1.29 is 74.2 Å². The highest BCUT2D eigenvalue weighted by molar-refractivity contribution is 6.12. The molecule has 3 aliphatic rings. The van der Waals surface area contributed by atoms with E-state index in [0.717, 1.165) is 0 Å². The zero-order valence-corrected chi connectivity index (χ0v) is 20.7. The number of carbonyl (C=O) groups excluding carboxylic acids is 4. The van der Waals surface area contributed by atoms with Crippen molar-refractivity contribution in [1.29, 1.82) is 0 Å². The van der Waals surface area contributed by atoms with Gasteiger partial charge in [0.25, 0.3) is 0 Å². The molecule has 10 unspecified atom stereocenters. The predicted octanol–water partition coefficient (Wildman–Crippen LogP) is -6.48. The number of esters is 1. The second kappa shape index (κ2) is 15.4. The maximum Gasteiger partial charge on any atom is 0.303 e. The summed E-state index contributed by atoms with van der Waals surface area (Å²) in [6.07, 6.45) is -10.8. The molecule has 2 aliphatic heterocycles. The van der Waals surface area contributed by atoms with E-state index in [1.54, 1.807) is 0 Å². The average Bonchev–Trinajstić information content (AvgIpc) is 3.17. The van der Waals surface area contributed by atoms with Crippen LogP contribution in [0.5, 0.6) is 0 Å². The van der Waals surface area contributed by atoms with Crippen LogP contribution in [-0.2, 0) is 33.4 Å². The van der Waals surface area contributed by atoms with Crippen molar-refractivity contribution in [2.24, 2.45) is 5.73 Å². The molecule has 2 heterocycles. The minimum Gasteiger partial charge on any atom is -0.446 e. The van der Waals surface area contributed by atoms with Crippen molar-refractivity contribution in [2.75, 3.05) is 13.2 Å². The summed E-state index contributed by atoms with van der Waals surface area (Å²) in [6.45, 7) is 1.40. The first-order valence-corrected chi connectivity index (χ1v) is 11.5. The van der Waals surface area contributed by atoms with Gasteiger partial charge in [0.05, 0.1) is 19.3 Å². The molecule has 0 aromatic rings. The second-order valence-electron chi connectivity index (χ2n) is 8.68. The number of nitrogens with two attached hydrogens (primary N) is 1. The average molecular weight is 557 g/mol. The second-order valence-corrected chi connectivity index (χ2v) is 8.68. The monoisotopic (exact) mass is 556 g/mol. The fourth-order valence-corrected chi connectivity index (χ4v) is 3.59. The predicted molar refractivity (Wildman–Crippen MR) is 120 cm³/mol. The summed E-state index contributed by atoms with van der Waals surface area (Å²) in [7, 11) is 0. The lowest BCUT2D eigenvalue weighted by Crippen LogP contribution is -2.63. The number of carbonyl (C=O) groups is 4. The topological polar surface area (TPSA) is 296 Å². The van der Waals surface area contributed by atoms with Gasteiger partial charge in [0, 0.05) is 26.7 Å². The van der Waals surface area contributed by atoms with Crippen molar-refractivity contribution in [3.05, 3.63) is 0 Å². The zero-order chi connectivity index (χ0) is 29.3. The molecule has 38 heavy (non-hydrogen) atoms. The van der Waals surface area contributed by atoms with Crippen LogP contribution in [0.2, 0.25) is 0 Å². The normalized spacial score (nSPS) is 37.3. The van der Waals surface area contributed by atoms with Crippen molar-refractivity contribution in [3.8, 4) is 0 Å². The van der Waals surface area contributed by atoms with Gasteiger partial charge in [-0.2, -0.15) is 0 Å². The summed E-state index contributed by atoms with van der Waals surface area (Å²) in [5, 5.41) is 75.5. The van der Waals surface area contributed by atoms with Gasteiger partial charge in [0.15, 0.2) is 24.1 Å². The molecule has 2 saturated heterocycles. The quantitative estimate of drug-likeness (QED) is 0.114. The van der Waals surface area contributed by atoms with Crippen LogP contribution in [0.4, 0.5) is 0 Å². The Hall–Kier alpha value is -2.16. The number of amides is 1. The SMILES string of the molecule is CC(=O)NC1C(O)OC(CO)C(O)C1O.CC(=O)OC1C(=O)CCC1=O.NC1C(O)OC(CO)C(O)C1O. The molecule has 10 atom stereocenters. The van der Waals surface area contributed by atoms with Crippen LogP contribution in [0.25, 0.3) is 0 Å². The molecule has 3 rings (SSSR count). The molecule has 0 aromatic carbocycles. The van der Waals surface area contributed by atoms with E-state index >= 15 is 0 Å². The van der Waals surface area contributed by atoms with E-state index in [0.29, 0.717) is 0 Å². The minimum atomic E-state index is -1.45. The largest absolute Gasteiger partial charge is 0.446 e. The summed E-state index contributed by atoms with van der Waals surface area (Å²) < 4.78 is 14.0. The molecule has 1 saturated carbocycles. The van der Waals surface area contributed by atoms with Gasteiger partial charge in [-0.3, -0.25) is 19.2 Å². The summed E-state index contributed by atoms with van der Waals surface area (Å²) in [5.74, 6) is -1.62. The Balaban J connectivity index is 0.000000289. The third kappa shape index (κ3) is 9.24. The van der Waals surface area contributed by atoms with Crippen LogP contribution in [-0.4, -0.2) is 145 Å². The number of aliphatic hydroxyl groups excluding tert-OH is 8. The first-order chi connectivity index (χ1) is 17.7. The van der Waals surface area contributed by atoms with Crippen LogP contribution in [0.1, 0.15) is 26.7 Å². The van der Waals surface area contributed by atoms with E-state index in [9.17, 15) is 44.7 Å². The number of aliphatic hydroxyl groups is 8. The fourth-order valence-electron chi connectivity index (χ4n) is 3.59. The van der Waals surface area contributed by atoms with Gasteiger partial charge >= 0.3 is 5.97 Å². The molecule has 220 valence electrons. The van der Waals surface area contributed by atoms with Crippen molar-refractivity contribution >= 4 is 23.4 Å². The molecular weight excluding hydrogens is 520 g/mol. The lowest BCUT2D eigenvalue weighted by Gasteiger charge is -2.40. The maximum atomic E-state index is 10.8. The Labute approximate surface area is 216 Å².